The van der Waals surface area contributed by atoms with Gasteiger partial charge in [0, 0.05) is 5.69 Å². The summed E-state index contributed by atoms with van der Waals surface area (Å²) in [5.74, 6) is -2.71. The number of nitrogens with one attached hydrogen (secondary N) is 1. The van der Waals surface area contributed by atoms with Gasteiger partial charge in [-0.2, -0.15) is 0 Å². The minimum Gasteiger partial charge on any atom is -0.478 e. The predicted molar refractivity (Wildman–Crippen MR) is 94.1 cm³/mol. The van der Waals surface area contributed by atoms with Crippen molar-refractivity contribution < 1.29 is 23.9 Å². The molecule has 1 fully saturated rings. The molecule has 1 aliphatic rings. The molecule has 0 aromatic heterocycles. The number of carboxylic acids is 1. The van der Waals surface area contributed by atoms with E-state index in [1.54, 1.807) is 13.0 Å². The first-order valence-corrected chi connectivity index (χ1v) is 8.08. The van der Waals surface area contributed by atoms with Gasteiger partial charge in [0.25, 0.3) is 5.91 Å². The average molecular weight is 377 g/mol. The van der Waals surface area contributed by atoms with E-state index in [1.165, 1.54) is 24.3 Å². The highest BCUT2D eigenvalue weighted by Gasteiger charge is 2.40. The summed E-state index contributed by atoms with van der Waals surface area (Å²) in [5, 5.41) is 11.8. The molecule has 0 aliphatic carbocycles. The number of nitrogens with zero attached hydrogens (tertiary/aromatic N) is 1. The second kappa shape index (κ2) is 6.76. The number of carbonyl (C=O) groups is 3. The van der Waals surface area contributed by atoms with Crippen molar-refractivity contribution in [3.05, 3.63) is 58.4 Å². The van der Waals surface area contributed by atoms with Gasteiger partial charge >= 0.3 is 5.97 Å². The van der Waals surface area contributed by atoms with E-state index in [1.807, 2.05) is 0 Å². The zero-order chi connectivity index (χ0) is 19.0. The first kappa shape index (κ1) is 17.9. The molecule has 134 valence electrons. The molecule has 2 aromatic carbocycles. The molecule has 2 aromatic rings. The molecule has 1 heterocycles. The summed E-state index contributed by atoms with van der Waals surface area (Å²) >= 11 is 5.73. The summed E-state index contributed by atoms with van der Waals surface area (Å²) in [6.07, 6.45) is -0.107. The number of anilines is 2. The molecule has 0 saturated carbocycles. The molecule has 1 saturated heterocycles. The van der Waals surface area contributed by atoms with Crippen LogP contribution < -0.4 is 10.2 Å². The van der Waals surface area contributed by atoms with Crippen LogP contribution in [0.4, 0.5) is 15.8 Å². The number of carboxylic acid groups (broad SMARTS) is 1. The van der Waals surface area contributed by atoms with Gasteiger partial charge in [-0.3, -0.25) is 9.59 Å². The lowest BCUT2D eigenvalue weighted by Crippen LogP contribution is -2.35. The van der Waals surface area contributed by atoms with E-state index in [9.17, 15) is 18.8 Å². The Balaban J connectivity index is 1.86. The molecule has 1 unspecified atom stereocenters. The van der Waals surface area contributed by atoms with Crippen LogP contribution in [0.1, 0.15) is 22.3 Å². The number of amides is 2. The Kier molecular flexibility index (Phi) is 4.65. The van der Waals surface area contributed by atoms with Crippen molar-refractivity contribution in [3.63, 3.8) is 0 Å². The third-order valence-corrected chi connectivity index (χ3v) is 4.41. The van der Waals surface area contributed by atoms with Crippen LogP contribution in [0.2, 0.25) is 5.02 Å². The monoisotopic (exact) mass is 376 g/mol. The van der Waals surface area contributed by atoms with Gasteiger partial charge in [0.15, 0.2) is 0 Å². The molecule has 2 amide bonds. The Bertz CT molecular complexity index is 931. The average Bonchev–Trinajstić information content (AvgIpc) is 2.86. The van der Waals surface area contributed by atoms with Crippen molar-refractivity contribution in [3.8, 4) is 0 Å². The number of hydrogen-bond acceptors (Lipinski definition) is 4. The number of rotatable bonds is 4. The minimum atomic E-state index is -1.09. The van der Waals surface area contributed by atoms with Crippen molar-refractivity contribution in [1.29, 1.82) is 0 Å². The lowest BCUT2D eigenvalue weighted by molar-refractivity contribution is -0.121. The Morgan fingerprint density at radius 3 is 2.65 bits per heavy atom. The molecule has 8 heteroatoms. The van der Waals surface area contributed by atoms with E-state index in [-0.39, 0.29) is 22.7 Å². The van der Waals surface area contributed by atoms with Crippen molar-refractivity contribution in [2.24, 2.45) is 0 Å². The molecule has 26 heavy (non-hydrogen) atoms. The van der Waals surface area contributed by atoms with Crippen LogP contribution in [0.3, 0.4) is 0 Å². The van der Waals surface area contributed by atoms with E-state index < -0.39 is 29.6 Å². The number of hydrogen-bond donors (Lipinski definition) is 2. The van der Waals surface area contributed by atoms with Crippen molar-refractivity contribution >= 4 is 40.8 Å². The molecule has 0 spiro atoms. The lowest BCUT2D eigenvalue weighted by Gasteiger charge is -2.17. The van der Waals surface area contributed by atoms with Gasteiger partial charge in [-0.1, -0.05) is 17.7 Å². The molecule has 2 N–H and O–H groups in total. The molecule has 3 rings (SSSR count). The highest BCUT2D eigenvalue weighted by molar-refractivity contribution is 6.31. The van der Waals surface area contributed by atoms with Crippen molar-refractivity contribution in [2.75, 3.05) is 10.2 Å². The number of imide groups is 1. The third kappa shape index (κ3) is 3.25. The maximum Gasteiger partial charge on any atom is 0.335 e. The molecule has 0 bridgehead atoms. The van der Waals surface area contributed by atoms with Gasteiger partial charge < -0.3 is 10.4 Å². The summed E-state index contributed by atoms with van der Waals surface area (Å²) in [6, 6.07) is 7.23. The van der Waals surface area contributed by atoms with E-state index in [2.05, 4.69) is 5.32 Å². The maximum atomic E-state index is 13.3. The van der Waals surface area contributed by atoms with Gasteiger partial charge in [0.05, 0.1) is 22.7 Å². The van der Waals surface area contributed by atoms with Gasteiger partial charge in [-0.25, -0.2) is 14.1 Å². The highest BCUT2D eigenvalue weighted by atomic mass is 35.5. The van der Waals surface area contributed by atoms with Gasteiger partial charge in [0.1, 0.15) is 11.9 Å². The van der Waals surface area contributed by atoms with Crippen LogP contribution in [0.15, 0.2) is 36.4 Å². The number of benzene rings is 2. The van der Waals surface area contributed by atoms with Gasteiger partial charge in [0.2, 0.25) is 5.91 Å². The van der Waals surface area contributed by atoms with Crippen molar-refractivity contribution in [2.45, 2.75) is 19.4 Å². The lowest BCUT2D eigenvalue weighted by atomic mass is 10.1. The Labute approximate surface area is 153 Å². The number of carbonyl (C=O) groups excluding carboxylic acids is 2. The zero-order valence-electron chi connectivity index (χ0n) is 13.6. The normalized spacial score (nSPS) is 16.9. The molecular weight excluding hydrogens is 363 g/mol. The predicted octanol–water partition coefficient (Wildman–Crippen LogP) is 3.23. The van der Waals surface area contributed by atoms with E-state index in [0.717, 1.165) is 16.5 Å². The van der Waals surface area contributed by atoms with Crippen LogP contribution in [-0.4, -0.2) is 28.9 Å². The maximum absolute atomic E-state index is 13.3. The molecule has 1 atom stereocenters. The molecular formula is C18H14ClFN2O4. The quantitative estimate of drug-likeness (QED) is 0.800. The van der Waals surface area contributed by atoms with Crippen LogP contribution in [0, 0.1) is 12.7 Å². The second-order valence-corrected chi connectivity index (χ2v) is 6.31. The number of aryl methyl sites for hydroxylation is 1. The minimum absolute atomic E-state index is 0.0667. The number of aromatic carboxylic acids is 1. The summed E-state index contributed by atoms with van der Waals surface area (Å²) in [5.41, 5.74) is 1.44. The fraction of sp³-hybridized carbons (Fsp3) is 0.167. The highest BCUT2D eigenvalue weighted by Crippen LogP contribution is 2.29. The van der Waals surface area contributed by atoms with Gasteiger partial charge in [-0.15, -0.1) is 0 Å². The van der Waals surface area contributed by atoms with Crippen LogP contribution in [-0.2, 0) is 9.59 Å². The summed E-state index contributed by atoms with van der Waals surface area (Å²) in [4.78, 5) is 37.0. The molecule has 0 radical (unpaired) electrons. The topological polar surface area (TPSA) is 86.7 Å². The molecule has 6 nitrogen and oxygen atoms in total. The largest absolute Gasteiger partial charge is 0.478 e. The first-order chi connectivity index (χ1) is 12.3. The van der Waals surface area contributed by atoms with Gasteiger partial charge in [-0.05, 0) is 42.8 Å². The first-order valence-electron chi connectivity index (χ1n) is 7.70. The van der Waals surface area contributed by atoms with E-state index >= 15 is 0 Å². The Morgan fingerprint density at radius 1 is 1.27 bits per heavy atom. The number of halogens is 2. The summed E-state index contributed by atoms with van der Waals surface area (Å²) < 4.78 is 13.3. The van der Waals surface area contributed by atoms with Crippen LogP contribution in [0.25, 0.3) is 0 Å². The van der Waals surface area contributed by atoms with Crippen molar-refractivity contribution in [1.82, 2.24) is 0 Å². The standard InChI is InChI=1S/C18H14ClFN2O4/c1-9-2-3-10(18(25)26)6-14(9)21-15-8-16(23)22(17(15)24)11-4-5-13(20)12(19)7-11/h2-7,15,21H,8H2,1H3,(H,25,26). The molecule has 1 aliphatic heterocycles. The third-order valence-electron chi connectivity index (χ3n) is 4.12. The smallest absolute Gasteiger partial charge is 0.335 e. The fourth-order valence-corrected chi connectivity index (χ4v) is 2.91. The van der Waals surface area contributed by atoms with Crippen LogP contribution >= 0.6 is 11.6 Å². The van der Waals surface area contributed by atoms with E-state index in [0.29, 0.717) is 5.69 Å². The fourth-order valence-electron chi connectivity index (χ4n) is 2.74. The second-order valence-electron chi connectivity index (χ2n) is 5.90. The van der Waals surface area contributed by atoms with E-state index in [4.69, 9.17) is 16.7 Å². The summed E-state index contributed by atoms with van der Waals surface area (Å²) in [6.45, 7) is 1.76. The zero-order valence-corrected chi connectivity index (χ0v) is 14.4. The SMILES string of the molecule is Cc1ccc(C(=O)O)cc1NC1CC(=O)N(c2ccc(F)c(Cl)c2)C1=O. The Morgan fingerprint density at radius 2 is 2.00 bits per heavy atom. The Hall–Kier alpha value is -2.93. The summed E-state index contributed by atoms with van der Waals surface area (Å²) in [7, 11) is 0. The van der Waals surface area contributed by atoms with Crippen LogP contribution in [0.5, 0.6) is 0 Å².